The minimum atomic E-state index is -3.58. The lowest BCUT2D eigenvalue weighted by Crippen LogP contribution is -2.28. The van der Waals surface area contributed by atoms with Crippen molar-refractivity contribution in [3.8, 4) is 5.13 Å². The summed E-state index contributed by atoms with van der Waals surface area (Å²) in [6, 6.07) is 15.5. The van der Waals surface area contributed by atoms with E-state index in [9.17, 15) is 13.2 Å². The molecule has 10 heteroatoms. The topological polar surface area (TPSA) is 97.2 Å². The molecule has 0 atom stereocenters. The van der Waals surface area contributed by atoms with Gasteiger partial charge in [-0.3, -0.25) is 4.79 Å². The van der Waals surface area contributed by atoms with E-state index in [0.717, 1.165) is 28.8 Å². The van der Waals surface area contributed by atoms with Gasteiger partial charge in [-0.2, -0.15) is 9.78 Å². The van der Waals surface area contributed by atoms with Crippen molar-refractivity contribution < 1.29 is 13.2 Å². The molecule has 0 spiro atoms. The van der Waals surface area contributed by atoms with Crippen molar-refractivity contribution in [3.05, 3.63) is 65.9 Å². The van der Waals surface area contributed by atoms with Crippen LogP contribution in [0, 0.1) is 6.92 Å². The van der Waals surface area contributed by atoms with Crippen LogP contribution in [0.15, 0.2) is 59.5 Å². The number of benzene rings is 2. The van der Waals surface area contributed by atoms with Gasteiger partial charge in [-0.25, -0.2) is 17.7 Å². The number of nitrogens with one attached hydrogen (secondary N) is 1. The van der Waals surface area contributed by atoms with Gasteiger partial charge in [0.1, 0.15) is 5.82 Å². The van der Waals surface area contributed by atoms with Crippen LogP contribution in [0.4, 0.5) is 5.82 Å². The van der Waals surface area contributed by atoms with Gasteiger partial charge in [0.05, 0.1) is 20.8 Å². The first-order chi connectivity index (χ1) is 15.8. The molecule has 4 rings (SSSR count). The maximum atomic E-state index is 12.9. The molecule has 0 bridgehead atoms. The Morgan fingerprint density at radius 1 is 1.15 bits per heavy atom. The van der Waals surface area contributed by atoms with Crippen LogP contribution in [0.2, 0.25) is 0 Å². The summed E-state index contributed by atoms with van der Waals surface area (Å²) >= 11 is 1.48. The normalized spacial score (nSPS) is 11.9. The second-order valence-electron chi connectivity index (χ2n) is 7.71. The fourth-order valence-electron chi connectivity index (χ4n) is 3.33. The molecule has 0 aliphatic heterocycles. The smallest absolute Gasteiger partial charge is 0.256 e. The lowest BCUT2D eigenvalue weighted by molar-refractivity contribution is 0.102. The summed E-state index contributed by atoms with van der Waals surface area (Å²) in [5.74, 6) is 0.132. The Bertz CT molecular complexity index is 1360. The molecule has 8 nitrogen and oxygen atoms in total. The SMILES string of the molecule is CCCCN(C)S(=O)(=O)c1ccc(C(=O)Nc2cc(C)nn2-c2nc3ccccc3s2)cc1. The van der Waals surface area contributed by atoms with Crippen LogP contribution in [0.3, 0.4) is 0 Å². The number of hydrogen-bond donors (Lipinski definition) is 1. The molecule has 0 unspecified atom stereocenters. The molecule has 4 aromatic rings. The minimum Gasteiger partial charge on any atom is -0.306 e. The highest BCUT2D eigenvalue weighted by Crippen LogP contribution is 2.27. The highest BCUT2D eigenvalue weighted by Gasteiger charge is 2.21. The van der Waals surface area contributed by atoms with Gasteiger partial charge in [0.25, 0.3) is 5.91 Å². The third-order valence-electron chi connectivity index (χ3n) is 5.19. The summed E-state index contributed by atoms with van der Waals surface area (Å²) in [6.45, 7) is 4.31. The van der Waals surface area contributed by atoms with Gasteiger partial charge in [0, 0.05) is 25.2 Å². The molecular weight excluding hydrogens is 458 g/mol. The molecule has 2 aromatic heterocycles. The summed E-state index contributed by atoms with van der Waals surface area (Å²) in [6.07, 6.45) is 1.70. The molecule has 0 fully saturated rings. The number of nitrogens with zero attached hydrogens (tertiary/aromatic N) is 4. The Balaban J connectivity index is 1.55. The second-order valence-corrected chi connectivity index (χ2v) is 10.8. The van der Waals surface area contributed by atoms with E-state index in [4.69, 9.17) is 0 Å². The molecule has 1 amide bonds. The van der Waals surface area contributed by atoms with E-state index in [-0.39, 0.29) is 10.8 Å². The zero-order valence-electron chi connectivity index (χ0n) is 18.6. The maximum Gasteiger partial charge on any atom is 0.256 e. The Kier molecular flexibility index (Phi) is 6.59. The number of sulfonamides is 1. The van der Waals surface area contributed by atoms with Crippen molar-refractivity contribution >= 4 is 43.3 Å². The standard InChI is InChI=1S/C23H25N5O3S2/c1-4-5-14-27(3)33(30,31)18-12-10-17(11-13-18)22(29)25-21-15-16(2)26-28(21)23-24-19-8-6-7-9-20(19)32-23/h6-13,15H,4-5,14H2,1-3H3,(H,25,29). The first kappa shape index (κ1) is 23.1. The number of carbonyl (C=O) groups is 1. The first-order valence-electron chi connectivity index (χ1n) is 10.6. The van der Waals surface area contributed by atoms with Crippen LogP contribution in [-0.2, 0) is 10.0 Å². The van der Waals surface area contributed by atoms with Crippen LogP contribution >= 0.6 is 11.3 Å². The number of anilines is 1. The lowest BCUT2D eigenvalue weighted by atomic mass is 10.2. The third kappa shape index (κ3) is 4.82. The van der Waals surface area contributed by atoms with E-state index in [0.29, 0.717) is 23.1 Å². The molecule has 0 radical (unpaired) electrons. The highest BCUT2D eigenvalue weighted by molar-refractivity contribution is 7.89. The Morgan fingerprint density at radius 3 is 2.58 bits per heavy atom. The largest absolute Gasteiger partial charge is 0.306 e. The summed E-state index contributed by atoms with van der Waals surface area (Å²) in [5.41, 5.74) is 1.95. The van der Waals surface area contributed by atoms with Crippen LogP contribution in [0.1, 0.15) is 35.8 Å². The van der Waals surface area contributed by atoms with E-state index in [2.05, 4.69) is 15.4 Å². The van der Waals surface area contributed by atoms with Crippen molar-refractivity contribution in [2.75, 3.05) is 18.9 Å². The zero-order valence-corrected chi connectivity index (χ0v) is 20.3. The Morgan fingerprint density at radius 2 is 1.88 bits per heavy atom. The summed E-state index contributed by atoms with van der Waals surface area (Å²) in [5, 5.41) is 8.00. The van der Waals surface area contributed by atoms with E-state index >= 15 is 0 Å². The van der Waals surface area contributed by atoms with Gasteiger partial charge in [0.2, 0.25) is 15.2 Å². The minimum absolute atomic E-state index is 0.160. The van der Waals surface area contributed by atoms with Crippen LogP contribution in [0.5, 0.6) is 0 Å². The second kappa shape index (κ2) is 9.42. The third-order valence-corrected chi connectivity index (χ3v) is 8.07. The highest BCUT2D eigenvalue weighted by atomic mass is 32.2. The fraction of sp³-hybridized carbons (Fsp3) is 0.261. The molecule has 0 aliphatic carbocycles. The number of fused-ring (bicyclic) bond motifs is 1. The molecule has 1 N–H and O–H groups in total. The number of thiazole rings is 1. The Labute approximate surface area is 196 Å². The summed E-state index contributed by atoms with van der Waals surface area (Å²) in [7, 11) is -2.02. The number of aromatic nitrogens is 3. The van der Waals surface area contributed by atoms with Crippen molar-refractivity contribution in [1.82, 2.24) is 19.1 Å². The molecule has 172 valence electrons. The van der Waals surface area contributed by atoms with Gasteiger partial charge in [0.15, 0.2) is 0 Å². The molecule has 0 saturated carbocycles. The van der Waals surface area contributed by atoms with Crippen molar-refractivity contribution in [3.63, 3.8) is 0 Å². The number of hydrogen-bond acceptors (Lipinski definition) is 6. The molecule has 0 saturated heterocycles. The van der Waals surface area contributed by atoms with E-state index in [1.165, 1.54) is 39.9 Å². The van der Waals surface area contributed by atoms with E-state index in [1.54, 1.807) is 17.8 Å². The van der Waals surface area contributed by atoms with Crippen LogP contribution in [0.25, 0.3) is 15.3 Å². The molecule has 2 heterocycles. The predicted molar refractivity (Wildman–Crippen MR) is 131 cm³/mol. The molecule has 0 aliphatic rings. The quantitative estimate of drug-likeness (QED) is 0.399. The zero-order chi connectivity index (χ0) is 23.6. The number of para-hydroxylation sites is 1. The number of amides is 1. The average molecular weight is 484 g/mol. The predicted octanol–water partition coefficient (Wildman–Crippen LogP) is 4.46. The molecular formula is C23H25N5O3S2. The van der Waals surface area contributed by atoms with Gasteiger partial charge in [-0.1, -0.05) is 36.8 Å². The van der Waals surface area contributed by atoms with E-state index < -0.39 is 10.0 Å². The van der Waals surface area contributed by atoms with Gasteiger partial charge < -0.3 is 5.32 Å². The van der Waals surface area contributed by atoms with Crippen molar-refractivity contribution in [1.29, 1.82) is 0 Å². The van der Waals surface area contributed by atoms with Gasteiger partial charge in [-0.05, 0) is 49.7 Å². The summed E-state index contributed by atoms with van der Waals surface area (Å²) in [4.78, 5) is 17.7. The monoisotopic (exact) mass is 483 g/mol. The number of carbonyl (C=O) groups excluding carboxylic acids is 1. The number of rotatable bonds is 8. The lowest BCUT2D eigenvalue weighted by Gasteiger charge is -2.17. The van der Waals surface area contributed by atoms with Crippen LogP contribution < -0.4 is 5.32 Å². The maximum absolute atomic E-state index is 12.9. The Hall–Kier alpha value is -3.08. The average Bonchev–Trinajstić information content (AvgIpc) is 3.40. The van der Waals surface area contributed by atoms with Gasteiger partial charge in [-0.15, -0.1) is 0 Å². The van der Waals surface area contributed by atoms with Crippen molar-refractivity contribution in [2.45, 2.75) is 31.6 Å². The van der Waals surface area contributed by atoms with Crippen molar-refractivity contribution in [2.24, 2.45) is 0 Å². The van der Waals surface area contributed by atoms with Crippen LogP contribution in [-0.4, -0.2) is 47.0 Å². The number of aryl methyl sites for hydroxylation is 1. The summed E-state index contributed by atoms with van der Waals surface area (Å²) < 4.78 is 29.4. The molecule has 33 heavy (non-hydrogen) atoms. The fourth-order valence-corrected chi connectivity index (χ4v) is 5.47. The molecule has 2 aromatic carbocycles. The first-order valence-corrected chi connectivity index (χ1v) is 12.9. The van der Waals surface area contributed by atoms with Gasteiger partial charge >= 0.3 is 0 Å². The number of unbranched alkanes of at least 4 members (excludes halogenated alkanes) is 1. The van der Waals surface area contributed by atoms with E-state index in [1.807, 2.05) is 38.1 Å².